The van der Waals surface area contributed by atoms with Crippen molar-refractivity contribution >= 4 is 27.6 Å². The van der Waals surface area contributed by atoms with Crippen LogP contribution in [0.4, 0.5) is 5.69 Å². The van der Waals surface area contributed by atoms with Gasteiger partial charge in [-0.3, -0.25) is 4.79 Å². The number of benzene rings is 2. The molecule has 1 heterocycles. The third-order valence-corrected chi connectivity index (χ3v) is 6.55. The number of morpholine rings is 1. The molecule has 0 spiro atoms. The van der Waals surface area contributed by atoms with Gasteiger partial charge < -0.3 is 14.8 Å². The molecule has 1 aliphatic heterocycles. The van der Waals surface area contributed by atoms with Crippen molar-refractivity contribution < 1.29 is 27.5 Å². The first kappa shape index (κ1) is 21.9. The van der Waals surface area contributed by atoms with Crippen LogP contribution in [0, 0.1) is 0 Å². The quantitative estimate of drug-likeness (QED) is 0.672. The van der Waals surface area contributed by atoms with Crippen LogP contribution in [0.3, 0.4) is 0 Å². The summed E-state index contributed by atoms with van der Waals surface area (Å²) in [6.07, 6.45) is 0.895. The smallest absolute Gasteiger partial charge is 0.338 e. The number of ether oxygens (including phenoxy) is 2. The summed E-state index contributed by atoms with van der Waals surface area (Å²) < 4.78 is 37.0. The highest BCUT2D eigenvalue weighted by molar-refractivity contribution is 7.89. The highest BCUT2D eigenvalue weighted by Crippen LogP contribution is 2.19. The van der Waals surface area contributed by atoms with E-state index < -0.39 is 28.5 Å². The third kappa shape index (κ3) is 5.44. The number of amides is 1. The molecular formula is C21H24N2O6S. The largest absolute Gasteiger partial charge is 0.452 e. The van der Waals surface area contributed by atoms with Gasteiger partial charge >= 0.3 is 5.97 Å². The van der Waals surface area contributed by atoms with Gasteiger partial charge in [0.2, 0.25) is 10.0 Å². The number of nitrogens with one attached hydrogen (secondary N) is 1. The fourth-order valence-corrected chi connectivity index (χ4v) is 4.41. The summed E-state index contributed by atoms with van der Waals surface area (Å²) in [5.41, 5.74) is 1.81. The minimum atomic E-state index is -3.73. The number of hydrogen-bond donors (Lipinski definition) is 1. The van der Waals surface area contributed by atoms with Gasteiger partial charge in [-0.1, -0.05) is 25.1 Å². The molecule has 160 valence electrons. The molecule has 3 rings (SSSR count). The van der Waals surface area contributed by atoms with Crippen molar-refractivity contribution in [2.24, 2.45) is 0 Å². The molecule has 0 radical (unpaired) electrons. The van der Waals surface area contributed by atoms with Gasteiger partial charge in [-0.05, 0) is 42.3 Å². The fraction of sp³-hybridized carbons (Fsp3) is 0.333. The van der Waals surface area contributed by atoms with Gasteiger partial charge in [0.15, 0.2) is 6.61 Å². The lowest BCUT2D eigenvalue weighted by Crippen LogP contribution is -2.40. The maximum Gasteiger partial charge on any atom is 0.338 e. The molecule has 0 aromatic heterocycles. The summed E-state index contributed by atoms with van der Waals surface area (Å²) in [5.74, 6) is -1.25. The Morgan fingerprint density at radius 2 is 1.80 bits per heavy atom. The summed E-state index contributed by atoms with van der Waals surface area (Å²) in [4.78, 5) is 24.3. The Labute approximate surface area is 175 Å². The number of aryl methyl sites for hydroxylation is 1. The first-order valence-corrected chi connectivity index (χ1v) is 11.1. The van der Waals surface area contributed by atoms with E-state index in [0.717, 1.165) is 12.0 Å². The molecule has 0 unspecified atom stereocenters. The monoisotopic (exact) mass is 432 g/mol. The van der Waals surface area contributed by atoms with Crippen LogP contribution in [0.1, 0.15) is 22.8 Å². The number of anilines is 1. The lowest BCUT2D eigenvalue weighted by atomic mass is 10.1. The highest BCUT2D eigenvalue weighted by atomic mass is 32.2. The van der Waals surface area contributed by atoms with E-state index in [9.17, 15) is 18.0 Å². The van der Waals surface area contributed by atoms with Crippen LogP contribution in [0.15, 0.2) is 53.4 Å². The van der Waals surface area contributed by atoms with Crippen molar-refractivity contribution in [3.05, 3.63) is 59.7 Å². The topological polar surface area (TPSA) is 102 Å². The number of esters is 1. The standard InChI is InChI=1S/C21H24N2O6S/c1-2-16-6-8-18(9-7-16)22-20(24)15-29-21(25)17-4-3-5-19(14-17)30(26,27)23-10-12-28-13-11-23/h3-9,14H,2,10-13,15H2,1H3,(H,22,24). The van der Waals surface area contributed by atoms with Crippen molar-refractivity contribution in [2.75, 3.05) is 38.2 Å². The molecule has 0 bridgehead atoms. The van der Waals surface area contributed by atoms with E-state index in [1.807, 2.05) is 19.1 Å². The highest BCUT2D eigenvalue weighted by Gasteiger charge is 2.27. The van der Waals surface area contributed by atoms with E-state index in [4.69, 9.17) is 9.47 Å². The summed E-state index contributed by atoms with van der Waals surface area (Å²) in [5, 5.41) is 2.65. The van der Waals surface area contributed by atoms with Crippen LogP contribution in [0.5, 0.6) is 0 Å². The average Bonchev–Trinajstić information content (AvgIpc) is 2.78. The van der Waals surface area contributed by atoms with Gasteiger partial charge in [-0.2, -0.15) is 4.31 Å². The number of rotatable bonds is 7. The van der Waals surface area contributed by atoms with Crippen molar-refractivity contribution in [1.82, 2.24) is 4.31 Å². The molecule has 2 aromatic carbocycles. The normalized spacial score (nSPS) is 14.8. The van der Waals surface area contributed by atoms with E-state index >= 15 is 0 Å². The van der Waals surface area contributed by atoms with Crippen molar-refractivity contribution in [1.29, 1.82) is 0 Å². The van der Waals surface area contributed by atoms with Gasteiger partial charge in [-0.25, -0.2) is 13.2 Å². The summed E-state index contributed by atoms with van der Waals surface area (Å²) in [6, 6.07) is 13.0. The molecular weight excluding hydrogens is 408 g/mol. The first-order valence-electron chi connectivity index (χ1n) is 9.64. The molecule has 1 saturated heterocycles. The molecule has 8 nitrogen and oxygen atoms in total. The average molecular weight is 432 g/mol. The Kier molecular flexibility index (Phi) is 7.20. The van der Waals surface area contributed by atoms with Gasteiger partial charge in [-0.15, -0.1) is 0 Å². The molecule has 1 aliphatic rings. The van der Waals surface area contributed by atoms with Crippen LogP contribution in [0.25, 0.3) is 0 Å². The van der Waals surface area contributed by atoms with Crippen molar-refractivity contribution in [2.45, 2.75) is 18.2 Å². The van der Waals surface area contributed by atoms with Crippen LogP contribution in [-0.4, -0.2) is 57.5 Å². The van der Waals surface area contributed by atoms with E-state index in [-0.39, 0.29) is 23.5 Å². The minimum absolute atomic E-state index is 0.000634. The summed E-state index contributed by atoms with van der Waals surface area (Å²) in [7, 11) is -3.73. The summed E-state index contributed by atoms with van der Waals surface area (Å²) >= 11 is 0. The molecule has 0 aliphatic carbocycles. The Morgan fingerprint density at radius 1 is 1.10 bits per heavy atom. The number of carbonyl (C=O) groups is 2. The molecule has 2 aromatic rings. The number of carbonyl (C=O) groups excluding carboxylic acids is 2. The zero-order chi connectivity index (χ0) is 21.6. The Balaban J connectivity index is 1.60. The Morgan fingerprint density at radius 3 is 2.47 bits per heavy atom. The third-order valence-electron chi connectivity index (χ3n) is 4.66. The van der Waals surface area contributed by atoms with Gasteiger partial charge in [0.25, 0.3) is 5.91 Å². The second kappa shape index (κ2) is 9.84. The number of sulfonamides is 1. The number of nitrogens with zero attached hydrogens (tertiary/aromatic N) is 1. The fourth-order valence-electron chi connectivity index (χ4n) is 2.95. The molecule has 1 amide bonds. The number of hydrogen-bond acceptors (Lipinski definition) is 6. The van der Waals surface area contributed by atoms with E-state index in [0.29, 0.717) is 18.9 Å². The molecule has 1 N–H and O–H groups in total. The van der Waals surface area contributed by atoms with E-state index in [2.05, 4.69) is 5.32 Å². The van der Waals surface area contributed by atoms with Crippen molar-refractivity contribution in [3.63, 3.8) is 0 Å². The first-order chi connectivity index (χ1) is 14.4. The van der Waals surface area contributed by atoms with Crippen molar-refractivity contribution in [3.8, 4) is 0 Å². The zero-order valence-electron chi connectivity index (χ0n) is 16.7. The van der Waals surface area contributed by atoms with Crippen LogP contribution in [0.2, 0.25) is 0 Å². The summed E-state index contributed by atoms with van der Waals surface area (Å²) in [6.45, 7) is 2.74. The van der Waals surface area contributed by atoms with Crippen LogP contribution in [-0.2, 0) is 30.7 Å². The maximum absolute atomic E-state index is 12.7. The molecule has 30 heavy (non-hydrogen) atoms. The molecule has 9 heteroatoms. The SMILES string of the molecule is CCc1ccc(NC(=O)COC(=O)c2cccc(S(=O)(=O)N3CCOCC3)c2)cc1. The second-order valence-corrected chi connectivity index (χ2v) is 8.66. The molecule has 0 atom stereocenters. The van der Waals surface area contributed by atoms with Crippen LogP contribution >= 0.6 is 0 Å². The Bertz CT molecular complexity index is 998. The molecule has 1 fully saturated rings. The zero-order valence-corrected chi connectivity index (χ0v) is 17.5. The van der Waals surface area contributed by atoms with Gasteiger partial charge in [0.05, 0.1) is 23.7 Å². The van der Waals surface area contributed by atoms with Gasteiger partial charge in [0.1, 0.15) is 0 Å². The Hall–Kier alpha value is -2.75. The second-order valence-electron chi connectivity index (χ2n) is 6.72. The molecule has 0 saturated carbocycles. The van der Waals surface area contributed by atoms with Gasteiger partial charge in [0, 0.05) is 18.8 Å². The predicted octanol–water partition coefficient (Wildman–Crippen LogP) is 2.07. The van der Waals surface area contributed by atoms with Crippen LogP contribution < -0.4 is 5.32 Å². The lowest BCUT2D eigenvalue weighted by molar-refractivity contribution is -0.119. The minimum Gasteiger partial charge on any atom is -0.452 e. The lowest BCUT2D eigenvalue weighted by Gasteiger charge is -2.26. The predicted molar refractivity (Wildman–Crippen MR) is 111 cm³/mol. The van der Waals surface area contributed by atoms with E-state index in [1.165, 1.54) is 28.6 Å². The maximum atomic E-state index is 12.7. The van der Waals surface area contributed by atoms with E-state index in [1.54, 1.807) is 12.1 Å².